The van der Waals surface area contributed by atoms with Crippen LogP contribution in [0.15, 0.2) is 12.2 Å². The van der Waals surface area contributed by atoms with Crippen molar-refractivity contribution in [2.75, 3.05) is 6.61 Å². The fourth-order valence-electron chi connectivity index (χ4n) is 0.987. The second-order valence-electron chi connectivity index (χ2n) is 3.54. The van der Waals surface area contributed by atoms with Crippen molar-refractivity contribution in [2.24, 2.45) is 0 Å². The Bertz CT molecular complexity index is 242. The van der Waals surface area contributed by atoms with Crippen molar-refractivity contribution in [3.63, 3.8) is 0 Å². The second kappa shape index (κ2) is 17.1. The standard InChI is InChI=1S/C12H20O.C2H4O2/c1-2-3-4-5-6-7-8-9-10-11-12-13;1-2(3)4/h3-4,13H,2,7-12H2,1H3;1H3,(H,3,4). The lowest BCUT2D eigenvalue weighted by Crippen LogP contribution is -1.82. The normalized spacial score (nSPS) is 9.12. The monoisotopic (exact) mass is 240 g/mol. The first kappa shape index (κ1) is 18.1. The number of unbranched alkanes of at least 4 members (excludes halogenated alkanes) is 4. The Kier molecular flexibility index (Phi) is 18.2. The number of rotatable bonds is 6. The quantitative estimate of drug-likeness (QED) is 0.554. The van der Waals surface area contributed by atoms with E-state index >= 15 is 0 Å². The molecule has 0 aromatic rings. The average molecular weight is 240 g/mol. The van der Waals surface area contributed by atoms with E-state index in [1.54, 1.807) is 0 Å². The summed E-state index contributed by atoms with van der Waals surface area (Å²) in [5, 5.41) is 15.9. The van der Waals surface area contributed by atoms with Crippen LogP contribution in [-0.2, 0) is 4.79 Å². The van der Waals surface area contributed by atoms with Crippen molar-refractivity contribution in [2.45, 2.75) is 52.4 Å². The van der Waals surface area contributed by atoms with Crippen molar-refractivity contribution in [1.29, 1.82) is 0 Å². The molecule has 0 aromatic heterocycles. The van der Waals surface area contributed by atoms with Crippen LogP contribution in [0.2, 0.25) is 0 Å². The van der Waals surface area contributed by atoms with Crippen LogP contribution in [0.1, 0.15) is 52.4 Å². The fourth-order valence-corrected chi connectivity index (χ4v) is 0.987. The summed E-state index contributed by atoms with van der Waals surface area (Å²) in [6, 6.07) is 0. The number of aliphatic hydroxyl groups excluding tert-OH is 1. The smallest absolute Gasteiger partial charge is 0.300 e. The molecule has 0 aliphatic carbocycles. The lowest BCUT2D eigenvalue weighted by atomic mass is 10.1. The third-order valence-electron chi connectivity index (χ3n) is 1.75. The van der Waals surface area contributed by atoms with Gasteiger partial charge in [-0.3, -0.25) is 4.79 Å². The van der Waals surface area contributed by atoms with E-state index in [0.717, 1.165) is 39.0 Å². The number of carboxylic acid groups (broad SMARTS) is 1. The molecule has 0 aliphatic rings. The van der Waals surface area contributed by atoms with Crippen LogP contribution in [0.3, 0.4) is 0 Å². The highest BCUT2D eigenvalue weighted by Crippen LogP contribution is 2.01. The zero-order valence-electron chi connectivity index (χ0n) is 10.9. The molecule has 0 amide bonds. The number of hydrogen-bond donors (Lipinski definition) is 2. The van der Waals surface area contributed by atoms with E-state index in [4.69, 9.17) is 15.0 Å². The Morgan fingerprint density at radius 2 is 1.82 bits per heavy atom. The fraction of sp³-hybridized carbons (Fsp3) is 0.643. The minimum absolute atomic E-state index is 0.324. The highest BCUT2D eigenvalue weighted by atomic mass is 16.4. The van der Waals surface area contributed by atoms with Gasteiger partial charge in [0.1, 0.15) is 0 Å². The van der Waals surface area contributed by atoms with Gasteiger partial charge in [-0.2, -0.15) is 0 Å². The number of hydrogen-bond acceptors (Lipinski definition) is 2. The van der Waals surface area contributed by atoms with Crippen LogP contribution in [-0.4, -0.2) is 22.8 Å². The van der Waals surface area contributed by atoms with E-state index in [9.17, 15) is 0 Å². The molecule has 98 valence electrons. The third-order valence-corrected chi connectivity index (χ3v) is 1.75. The Morgan fingerprint density at radius 3 is 2.35 bits per heavy atom. The van der Waals surface area contributed by atoms with E-state index in [0.29, 0.717) is 6.61 Å². The van der Waals surface area contributed by atoms with Gasteiger partial charge in [0.05, 0.1) is 0 Å². The maximum absolute atomic E-state index is 9.00. The molecule has 2 N–H and O–H groups in total. The summed E-state index contributed by atoms with van der Waals surface area (Å²) in [5.41, 5.74) is 0. The van der Waals surface area contributed by atoms with Crippen LogP contribution in [0.25, 0.3) is 0 Å². The molecule has 0 rings (SSSR count). The number of aliphatic carboxylic acids is 1. The van der Waals surface area contributed by atoms with Gasteiger partial charge in [-0.05, 0) is 25.3 Å². The highest BCUT2D eigenvalue weighted by Gasteiger charge is 1.85. The number of carboxylic acids is 1. The molecule has 3 heteroatoms. The van der Waals surface area contributed by atoms with Crippen molar-refractivity contribution in [3.8, 4) is 11.8 Å². The maximum Gasteiger partial charge on any atom is 0.300 e. The molecule has 3 nitrogen and oxygen atoms in total. The molecular formula is C14H24O3. The zero-order chi connectivity index (χ0) is 13.4. The Morgan fingerprint density at radius 1 is 1.24 bits per heavy atom. The van der Waals surface area contributed by atoms with Crippen LogP contribution in [0.4, 0.5) is 0 Å². The molecule has 0 spiro atoms. The number of carbonyl (C=O) groups is 1. The summed E-state index contributed by atoms with van der Waals surface area (Å²) in [4.78, 5) is 9.00. The SMILES string of the molecule is CC(=O)O.CCC=CC#CCCCCCCO. The molecule has 17 heavy (non-hydrogen) atoms. The summed E-state index contributed by atoms with van der Waals surface area (Å²) < 4.78 is 0. The number of aliphatic hydroxyl groups is 1. The predicted molar refractivity (Wildman–Crippen MR) is 70.7 cm³/mol. The lowest BCUT2D eigenvalue weighted by molar-refractivity contribution is -0.134. The van der Waals surface area contributed by atoms with Crippen LogP contribution in [0, 0.1) is 11.8 Å². The zero-order valence-corrected chi connectivity index (χ0v) is 10.9. The summed E-state index contributed by atoms with van der Waals surface area (Å²) in [7, 11) is 0. The predicted octanol–water partition coefficient (Wildman–Crippen LogP) is 2.99. The van der Waals surface area contributed by atoms with Gasteiger partial charge in [-0.15, -0.1) is 0 Å². The molecule has 0 heterocycles. The van der Waals surface area contributed by atoms with E-state index in [2.05, 4.69) is 24.8 Å². The first-order chi connectivity index (χ1) is 8.15. The molecule has 0 radical (unpaired) electrons. The molecule has 0 aromatic carbocycles. The summed E-state index contributed by atoms with van der Waals surface area (Å²) >= 11 is 0. The van der Waals surface area contributed by atoms with Gasteiger partial charge >= 0.3 is 0 Å². The van der Waals surface area contributed by atoms with Crippen LogP contribution < -0.4 is 0 Å². The Balaban J connectivity index is 0. The van der Waals surface area contributed by atoms with E-state index in [1.807, 2.05) is 6.08 Å². The largest absolute Gasteiger partial charge is 0.481 e. The minimum atomic E-state index is -0.833. The highest BCUT2D eigenvalue weighted by molar-refractivity contribution is 5.62. The van der Waals surface area contributed by atoms with E-state index in [1.165, 1.54) is 6.42 Å². The van der Waals surface area contributed by atoms with Gasteiger partial charge in [0.25, 0.3) is 5.97 Å². The van der Waals surface area contributed by atoms with E-state index in [-0.39, 0.29) is 0 Å². The van der Waals surface area contributed by atoms with Crippen molar-refractivity contribution >= 4 is 5.97 Å². The molecule has 0 atom stereocenters. The molecule has 0 fully saturated rings. The van der Waals surface area contributed by atoms with Gasteiger partial charge < -0.3 is 10.2 Å². The molecule has 0 aliphatic heterocycles. The van der Waals surface area contributed by atoms with Crippen LogP contribution >= 0.6 is 0 Å². The molecular weight excluding hydrogens is 216 g/mol. The average Bonchev–Trinajstić information content (AvgIpc) is 2.26. The summed E-state index contributed by atoms with van der Waals surface area (Å²) in [6.07, 6.45) is 10.4. The van der Waals surface area contributed by atoms with Gasteiger partial charge in [0.2, 0.25) is 0 Å². The molecule has 0 bridgehead atoms. The van der Waals surface area contributed by atoms with Gasteiger partial charge in [0.15, 0.2) is 0 Å². The minimum Gasteiger partial charge on any atom is -0.481 e. The summed E-state index contributed by atoms with van der Waals surface area (Å²) in [5.74, 6) is 5.26. The summed E-state index contributed by atoms with van der Waals surface area (Å²) in [6.45, 7) is 3.51. The Labute approximate surface area is 105 Å². The van der Waals surface area contributed by atoms with Crippen molar-refractivity contribution < 1.29 is 15.0 Å². The van der Waals surface area contributed by atoms with Gasteiger partial charge in [0, 0.05) is 20.0 Å². The molecule has 0 saturated carbocycles. The Hall–Kier alpha value is -1.27. The first-order valence-corrected chi connectivity index (χ1v) is 6.08. The first-order valence-electron chi connectivity index (χ1n) is 6.08. The van der Waals surface area contributed by atoms with Crippen molar-refractivity contribution in [1.82, 2.24) is 0 Å². The van der Waals surface area contributed by atoms with Crippen molar-refractivity contribution in [3.05, 3.63) is 12.2 Å². The third kappa shape index (κ3) is 31.3. The van der Waals surface area contributed by atoms with Gasteiger partial charge in [-0.1, -0.05) is 37.7 Å². The second-order valence-corrected chi connectivity index (χ2v) is 3.54. The maximum atomic E-state index is 9.00. The lowest BCUT2D eigenvalue weighted by Gasteiger charge is -1.93. The molecule has 0 unspecified atom stereocenters. The molecule has 0 saturated heterocycles. The number of allylic oxidation sites excluding steroid dienone is 2. The van der Waals surface area contributed by atoms with Crippen LogP contribution in [0.5, 0.6) is 0 Å². The van der Waals surface area contributed by atoms with E-state index < -0.39 is 5.97 Å². The topological polar surface area (TPSA) is 57.5 Å². The van der Waals surface area contributed by atoms with Gasteiger partial charge in [-0.25, -0.2) is 0 Å².